The number of nitrogens with one attached hydrogen (secondary N) is 1. The van der Waals surface area contributed by atoms with E-state index in [0.29, 0.717) is 0 Å². The molecular formula is C20H26N4. The first-order chi connectivity index (χ1) is 11.6. The fourth-order valence-corrected chi connectivity index (χ4v) is 2.18. The smallest absolute Gasteiger partial charge is 0.0858 e. The lowest BCUT2D eigenvalue weighted by atomic mass is 10.1. The molecule has 0 aromatic heterocycles. The number of nitrogens with zero attached hydrogens (tertiary/aromatic N) is 3. The maximum atomic E-state index is 4.29. The first kappa shape index (κ1) is 17.7. The van der Waals surface area contributed by atoms with Crippen molar-refractivity contribution < 1.29 is 0 Å². The van der Waals surface area contributed by atoms with Crippen LogP contribution in [0.2, 0.25) is 0 Å². The number of benzene rings is 2. The Morgan fingerprint density at radius 2 is 1.50 bits per heavy atom. The molecule has 0 aliphatic heterocycles. The summed E-state index contributed by atoms with van der Waals surface area (Å²) in [4.78, 5) is 2.06. The average Bonchev–Trinajstić information content (AvgIpc) is 2.61. The van der Waals surface area contributed by atoms with Gasteiger partial charge in [0.1, 0.15) is 0 Å². The molecule has 0 saturated heterocycles. The largest absolute Gasteiger partial charge is 0.385 e. The molecule has 0 fully saturated rings. The Morgan fingerprint density at radius 3 is 2.00 bits per heavy atom. The second kappa shape index (κ2) is 8.87. The quantitative estimate of drug-likeness (QED) is 0.513. The molecular weight excluding hydrogens is 296 g/mol. The Labute approximate surface area is 144 Å². The van der Waals surface area contributed by atoms with Crippen molar-refractivity contribution in [3.05, 3.63) is 60.7 Å². The summed E-state index contributed by atoms with van der Waals surface area (Å²) in [6.07, 6.45) is 2.33. The zero-order chi connectivity index (χ0) is 17.4. The zero-order valence-electron chi connectivity index (χ0n) is 14.8. The van der Waals surface area contributed by atoms with Crippen LogP contribution in [0.15, 0.2) is 65.3 Å². The van der Waals surface area contributed by atoms with Gasteiger partial charge >= 0.3 is 0 Å². The number of azo groups is 1. The highest BCUT2D eigenvalue weighted by Gasteiger charge is 1.99. The van der Waals surface area contributed by atoms with Crippen LogP contribution in [-0.4, -0.2) is 20.6 Å². The van der Waals surface area contributed by atoms with Crippen LogP contribution in [0.5, 0.6) is 0 Å². The van der Waals surface area contributed by atoms with Gasteiger partial charge in [-0.2, -0.15) is 10.2 Å². The van der Waals surface area contributed by atoms with Crippen LogP contribution in [-0.2, 0) is 0 Å². The summed E-state index contributed by atoms with van der Waals surface area (Å²) in [6.45, 7) is 7.21. The van der Waals surface area contributed by atoms with E-state index in [9.17, 15) is 0 Å². The highest BCUT2D eigenvalue weighted by atomic mass is 15.1. The summed E-state index contributed by atoms with van der Waals surface area (Å²) in [5.41, 5.74) is 4.85. The Bertz CT molecular complexity index is 670. The third kappa shape index (κ3) is 5.23. The van der Waals surface area contributed by atoms with Gasteiger partial charge in [-0.1, -0.05) is 32.1 Å². The molecule has 2 aromatic carbocycles. The number of unbranched alkanes of at least 4 members (excludes halogenated alkanes) is 1. The normalized spacial score (nSPS) is 10.8. The van der Waals surface area contributed by atoms with Crippen LogP contribution in [0.1, 0.15) is 25.3 Å². The van der Waals surface area contributed by atoms with E-state index >= 15 is 0 Å². The van der Waals surface area contributed by atoms with E-state index in [1.807, 2.05) is 62.6 Å². The number of rotatable bonds is 8. The third-order valence-corrected chi connectivity index (χ3v) is 3.73. The molecule has 0 saturated carbocycles. The van der Waals surface area contributed by atoms with Gasteiger partial charge in [-0.3, -0.25) is 0 Å². The maximum absolute atomic E-state index is 4.29. The highest BCUT2D eigenvalue weighted by molar-refractivity contribution is 5.63. The van der Waals surface area contributed by atoms with E-state index in [1.54, 1.807) is 0 Å². The molecule has 0 heterocycles. The summed E-state index contributed by atoms with van der Waals surface area (Å²) in [7, 11) is 4.03. The summed E-state index contributed by atoms with van der Waals surface area (Å²) in [6, 6.07) is 15.9. The van der Waals surface area contributed by atoms with Crippen molar-refractivity contribution >= 4 is 22.8 Å². The standard InChI is InChI=1S/C20H26N4/c1-5-6-15-21-16(2)17-7-9-18(10-8-17)22-23-19-11-13-20(14-12-19)24(3)4/h7-14,21H,2,5-6,15H2,1,3-4H3/b23-22+. The minimum atomic E-state index is 0.830. The fraction of sp³-hybridized carbons (Fsp3) is 0.300. The fourth-order valence-electron chi connectivity index (χ4n) is 2.18. The molecule has 0 unspecified atom stereocenters. The average molecular weight is 322 g/mol. The molecule has 0 aliphatic rings. The van der Waals surface area contributed by atoms with E-state index in [1.165, 1.54) is 6.42 Å². The van der Waals surface area contributed by atoms with Gasteiger partial charge in [0.25, 0.3) is 0 Å². The molecule has 0 aliphatic carbocycles. The molecule has 0 radical (unpaired) electrons. The van der Waals surface area contributed by atoms with Crippen molar-refractivity contribution in [3.8, 4) is 0 Å². The zero-order valence-corrected chi connectivity index (χ0v) is 14.8. The van der Waals surface area contributed by atoms with Gasteiger partial charge in [-0.15, -0.1) is 0 Å². The summed E-state index contributed by atoms with van der Waals surface area (Å²) in [5, 5.41) is 11.9. The molecule has 126 valence electrons. The van der Waals surface area contributed by atoms with Gasteiger partial charge in [0.05, 0.1) is 11.4 Å². The van der Waals surface area contributed by atoms with Crippen LogP contribution in [0, 0.1) is 0 Å². The molecule has 0 bridgehead atoms. The second-order valence-corrected chi connectivity index (χ2v) is 5.92. The van der Waals surface area contributed by atoms with Crippen molar-refractivity contribution in [2.24, 2.45) is 10.2 Å². The van der Waals surface area contributed by atoms with Gasteiger partial charge in [-0.05, 0) is 48.4 Å². The predicted octanol–water partition coefficient (Wildman–Crippen LogP) is 5.53. The molecule has 2 aromatic rings. The second-order valence-electron chi connectivity index (χ2n) is 5.92. The first-order valence-electron chi connectivity index (χ1n) is 8.32. The SMILES string of the molecule is C=C(NCCCC)c1ccc(/N=N/c2ccc(N(C)C)cc2)cc1. The molecule has 1 N–H and O–H groups in total. The molecule has 4 heteroatoms. The molecule has 0 amide bonds. The Balaban J connectivity index is 1.96. The van der Waals surface area contributed by atoms with Crippen LogP contribution in [0.3, 0.4) is 0 Å². The van der Waals surface area contributed by atoms with Crippen molar-refractivity contribution in [1.29, 1.82) is 0 Å². The third-order valence-electron chi connectivity index (χ3n) is 3.73. The van der Waals surface area contributed by atoms with E-state index in [2.05, 4.69) is 33.9 Å². The lowest BCUT2D eigenvalue weighted by Gasteiger charge is -2.11. The molecule has 2 rings (SSSR count). The van der Waals surface area contributed by atoms with Gasteiger partial charge in [0, 0.05) is 32.0 Å². The van der Waals surface area contributed by atoms with Crippen molar-refractivity contribution in [2.45, 2.75) is 19.8 Å². The minimum absolute atomic E-state index is 0.830. The summed E-state index contributed by atoms with van der Waals surface area (Å²) in [5.74, 6) is 0. The van der Waals surface area contributed by atoms with Crippen LogP contribution >= 0.6 is 0 Å². The maximum Gasteiger partial charge on any atom is 0.0858 e. The number of hydrogen-bond acceptors (Lipinski definition) is 4. The molecule has 4 nitrogen and oxygen atoms in total. The topological polar surface area (TPSA) is 40.0 Å². The van der Waals surface area contributed by atoms with Gasteiger partial charge in [0.2, 0.25) is 0 Å². The van der Waals surface area contributed by atoms with Crippen LogP contribution in [0.25, 0.3) is 5.70 Å². The predicted molar refractivity (Wildman–Crippen MR) is 103 cm³/mol. The Morgan fingerprint density at radius 1 is 0.958 bits per heavy atom. The van der Waals surface area contributed by atoms with Gasteiger partial charge in [-0.25, -0.2) is 0 Å². The van der Waals surface area contributed by atoms with Crippen molar-refractivity contribution in [3.63, 3.8) is 0 Å². The van der Waals surface area contributed by atoms with Gasteiger partial charge < -0.3 is 10.2 Å². The Hall–Kier alpha value is -2.62. The van der Waals surface area contributed by atoms with E-state index in [0.717, 1.165) is 41.3 Å². The number of anilines is 1. The minimum Gasteiger partial charge on any atom is -0.385 e. The highest BCUT2D eigenvalue weighted by Crippen LogP contribution is 2.22. The van der Waals surface area contributed by atoms with Crippen LogP contribution in [0.4, 0.5) is 17.1 Å². The lowest BCUT2D eigenvalue weighted by Crippen LogP contribution is -2.12. The summed E-state index contributed by atoms with van der Waals surface area (Å²) >= 11 is 0. The monoisotopic (exact) mass is 322 g/mol. The Kier molecular flexibility index (Phi) is 6.55. The van der Waals surface area contributed by atoms with Crippen LogP contribution < -0.4 is 10.2 Å². The molecule has 0 atom stereocenters. The van der Waals surface area contributed by atoms with E-state index in [4.69, 9.17) is 0 Å². The molecule has 0 spiro atoms. The number of hydrogen-bond donors (Lipinski definition) is 1. The first-order valence-corrected chi connectivity index (χ1v) is 8.32. The lowest BCUT2D eigenvalue weighted by molar-refractivity contribution is 0.745. The summed E-state index contributed by atoms with van der Waals surface area (Å²) < 4.78 is 0. The van der Waals surface area contributed by atoms with E-state index in [-0.39, 0.29) is 0 Å². The van der Waals surface area contributed by atoms with Gasteiger partial charge in [0.15, 0.2) is 0 Å². The van der Waals surface area contributed by atoms with Crippen molar-refractivity contribution in [2.75, 3.05) is 25.5 Å². The van der Waals surface area contributed by atoms with Crippen molar-refractivity contribution in [1.82, 2.24) is 5.32 Å². The molecule has 24 heavy (non-hydrogen) atoms. The van der Waals surface area contributed by atoms with E-state index < -0.39 is 0 Å².